The molecule has 1 unspecified atom stereocenters. The van der Waals surface area contributed by atoms with E-state index >= 15 is 0 Å². The molecular formula is C14H10BrF3O. The Hall–Kier alpha value is -1.33. The number of hydrogen-bond donors (Lipinski definition) is 1. The second kappa shape index (κ2) is 5.75. The van der Waals surface area contributed by atoms with Gasteiger partial charge in [-0.05, 0) is 41.5 Å². The van der Waals surface area contributed by atoms with E-state index in [2.05, 4.69) is 15.9 Å². The Kier molecular flexibility index (Phi) is 4.27. The van der Waals surface area contributed by atoms with Crippen molar-refractivity contribution in [3.8, 4) is 0 Å². The van der Waals surface area contributed by atoms with Crippen LogP contribution in [-0.2, 0) is 6.42 Å². The van der Waals surface area contributed by atoms with Crippen molar-refractivity contribution in [3.05, 3.63) is 69.4 Å². The highest BCUT2D eigenvalue weighted by Gasteiger charge is 2.14. The molecule has 0 radical (unpaired) electrons. The molecule has 5 heteroatoms. The third kappa shape index (κ3) is 3.36. The molecule has 1 N–H and O–H groups in total. The Morgan fingerprint density at radius 2 is 1.74 bits per heavy atom. The Balaban J connectivity index is 2.22. The Bertz CT molecular complexity index is 601. The minimum Gasteiger partial charge on any atom is -0.388 e. The van der Waals surface area contributed by atoms with Gasteiger partial charge >= 0.3 is 0 Å². The summed E-state index contributed by atoms with van der Waals surface area (Å²) in [7, 11) is 0. The van der Waals surface area contributed by atoms with Crippen molar-refractivity contribution in [3.63, 3.8) is 0 Å². The van der Waals surface area contributed by atoms with E-state index in [4.69, 9.17) is 0 Å². The lowest BCUT2D eigenvalue weighted by molar-refractivity contribution is 0.177. The summed E-state index contributed by atoms with van der Waals surface area (Å²) in [6.45, 7) is 0. The van der Waals surface area contributed by atoms with Crippen molar-refractivity contribution in [1.29, 1.82) is 0 Å². The zero-order valence-electron chi connectivity index (χ0n) is 9.71. The van der Waals surface area contributed by atoms with Gasteiger partial charge in [-0.25, -0.2) is 13.2 Å². The van der Waals surface area contributed by atoms with Crippen LogP contribution in [0.4, 0.5) is 13.2 Å². The lowest BCUT2D eigenvalue weighted by Gasteiger charge is -2.13. The van der Waals surface area contributed by atoms with Gasteiger partial charge in [-0.1, -0.05) is 22.0 Å². The van der Waals surface area contributed by atoms with Gasteiger partial charge in [0, 0.05) is 10.9 Å². The molecule has 1 atom stereocenters. The van der Waals surface area contributed by atoms with Gasteiger partial charge in [0.15, 0.2) is 11.6 Å². The molecule has 0 amide bonds. The molecule has 0 aromatic heterocycles. The molecule has 0 bridgehead atoms. The molecule has 0 aliphatic heterocycles. The molecule has 0 aliphatic carbocycles. The minimum absolute atomic E-state index is 0.0687. The van der Waals surface area contributed by atoms with Gasteiger partial charge in [0.25, 0.3) is 0 Å². The maximum atomic E-state index is 13.1. The Morgan fingerprint density at radius 1 is 1.00 bits per heavy atom. The number of halogens is 4. The van der Waals surface area contributed by atoms with E-state index < -0.39 is 23.6 Å². The summed E-state index contributed by atoms with van der Waals surface area (Å²) in [5, 5.41) is 10.0. The summed E-state index contributed by atoms with van der Waals surface area (Å²) < 4.78 is 39.5. The molecule has 1 nitrogen and oxygen atoms in total. The molecule has 2 aromatic rings. The van der Waals surface area contributed by atoms with Crippen LogP contribution in [0.1, 0.15) is 17.2 Å². The first-order valence-electron chi connectivity index (χ1n) is 5.54. The minimum atomic E-state index is -1.00. The first-order valence-corrected chi connectivity index (χ1v) is 6.33. The standard InChI is InChI=1S/C14H10BrF3O/c15-11-3-2-9(16)7-10(11)14(19)6-8-1-4-12(17)13(18)5-8/h1-5,7,14,19H,6H2. The van der Waals surface area contributed by atoms with Gasteiger partial charge in [0.1, 0.15) is 5.82 Å². The number of aliphatic hydroxyl groups is 1. The highest BCUT2D eigenvalue weighted by molar-refractivity contribution is 9.10. The van der Waals surface area contributed by atoms with Crippen LogP contribution in [0, 0.1) is 17.5 Å². The lowest BCUT2D eigenvalue weighted by Crippen LogP contribution is -2.04. The molecule has 2 rings (SSSR count). The van der Waals surface area contributed by atoms with Crippen LogP contribution >= 0.6 is 15.9 Å². The molecule has 19 heavy (non-hydrogen) atoms. The van der Waals surface area contributed by atoms with Gasteiger partial charge in [-0.3, -0.25) is 0 Å². The SMILES string of the molecule is OC(Cc1ccc(F)c(F)c1)c1cc(F)ccc1Br. The van der Waals surface area contributed by atoms with Gasteiger partial charge in [-0.2, -0.15) is 0 Å². The third-order valence-corrected chi connectivity index (χ3v) is 3.45. The van der Waals surface area contributed by atoms with Gasteiger partial charge < -0.3 is 5.11 Å². The topological polar surface area (TPSA) is 20.2 Å². The zero-order chi connectivity index (χ0) is 14.0. The van der Waals surface area contributed by atoms with Gasteiger partial charge in [-0.15, -0.1) is 0 Å². The van der Waals surface area contributed by atoms with Crippen LogP contribution in [0.15, 0.2) is 40.9 Å². The first kappa shape index (κ1) is 14.1. The van der Waals surface area contributed by atoms with E-state index in [1.807, 2.05) is 0 Å². The van der Waals surface area contributed by atoms with E-state index in [9.17, 15) is 18.3 Å². The first-order chi connectivity index (χ1) is 8.97. The van der Waals surface area contributed by atoms with Crippen molar-refractivity contribution in [2.45, 2.75) is 12.5 Å². The zero-order valence-corrected chi connectivity index (χ0v) is 11.3. The highest BCUT2D eigenvalue weighted by Crippen LogP contribution is 2.27. The summed E-state index contributed by atoms with van der Waals surface area (Å²) in [5.74, 6) is -2.38. The van der Waals surface area contributed by atoms with Crippen LogP contribution in [0.2, 0.25) is 0 Å². The largest absolute Gasteiger partial charge is 0.388 e. The average molecular weight is 331 g/mol. The summed E-state index contributed by atoms with van der Waals surface area (Å²) >= 11 is 3.21. The van der Waals surface area contributed by atoms with Crippen LogP contribution < -0.4 is 0 Å². The van der Waals surface area contributed by atoms with Crippen LogP contribution in [-0.4, -0.2) is 5.11 Å². The predicted molar refractivity (Wildman–Crippen MR) is 69.1 cm³/mol. The average Bonchev–Trinajstić information content (AvgIpc) is 2.36. The van der Waals surface area contributed by atoms with Gasteiger partial charge in [0.2, 0.25) is 0 Å². The van der Waals surface area contributed by atoms with Crippen LogP contribution in [0.5, 0.6) is 0 Å². The fourth-order valence-corrected chi connectivity index (χ4v) is 2.28. The van der Waals surface area contributed by atoms with Crippen molar-refractivity contribution in [2.75, 3.05) is 0 Å². The molecule has 0 saturated heterocycles. The molecule has 100 valence electrons. The Labute approximate surface area is 116 Å². The fraction of sp³-hybridized carbons (Fsp3) is 0.143. The molecule has 0 heterocycles. The molecule has 0 fully saturated rings. The third-order valence-electron chi connectivity index (χ3n) is 2.73. The lowest BCUT2D eigenvalue weighted by atomic mass is 10.0. The van der Waals surface area contributed by atoms with E-state index in [0.717, 1.165) is 12.1 Å². The van der Waals surface area contributed by atoms with E-state index in [1.165, 1.54) is 24.3 Å². The second-order valence-electron chi connectivity index (χ2n) is 4.13. The van der Waals surface area contributed by atoms with E-state index in [1.54, 1.807) is 0 Å². The predicted octanol–water partition coefficient (Wildman–Crippen LogP) is 4.14. The monoisotopic (exact) mass is 330 g/mol. The normalized spacial score (nSPS) is 12.5. The smallest absolute Gasteiger partial charge is 0.159 e. The van der Waals surface area contributed by atoms with Crippen LogP contribution in [0.25, 0.3) is 0 Å². The number of benzene rings is 2. The molecular weight excluding hydrogens is 321 g/mol. The summed E-state index contributed by atoms with van der Waals surface area (Å²) in [4.78, 5) is 0. The number of rotatable bonds is 3. The fourth-order valence-electron chi connectivity index (χ4n) is 1.77. The van der Waals surface area contributed by atoms with Crippen molar-refractivity contribution in [2.24, 2.45) is 0 Å². The summed E-state index contributed by atoms with van der Waals surface area (Å²) in [6.07, 6.45) is -0.936. The molecule has 2 aromatic carbocycles. The Morgan fingerprint density at radius 3 is 2.42 bits per heavy atom. The van der Waals surface area contributed by atoms with Crippen molar-refractivity contribution < 1.29 is 18.3 Å². The molecule has 0 saturated carbocycles. The van der Waals surface area contributed by atoms with E-state index in [0.29, 0.717) is 15.6 Å². The van der Waals surface area contributed by atoms with E-state index in [-0.39, 0.29) is 6.42 Å². The quantitative estimate of drug-likeness (QED) is 0.896. The summed E-state index contributed by atoms with van der Waals surface area (Å²) in [6, 6.07) is 7.35. The second-order valence-corrected chi connectivity index (χ2v) is 4.99. The van der Waals surface area contributed by atoms with Crippen LogP contribution in [0.3, 0.4) is 0 Å². The summed E-state index contributed by atoms with van der Waals surface area (Å²) in [5.41, 5.74) is 0.798. The number of hydrogen-bond acceptors (Lipinski definition) is 1. The maximum Gasteiger partial charge on any atom is 0.159 e. The van der Waals surface area contributed by atoms with Gasteiger partial charge in [0.05, 0.1) is 6.10 Å². The molecule has 0 spiro atoms. The molecule has 0 aliphatic rings. The number of aliphatic hydroxyl groups excluding tert-OH is 1. The maximum absolute atomic E-state index is 13.1. The van der Waals surface area contributed by atoms with Crippen molar-refractivity contribution in [1.82, 2.24) is 0 Å². The van der Waals surface area contributed by atoms with Crippen molar-refractivity contribution >= 4 is 15.9 Å². The highest BCUT2D eigenvalue weighted by atomic mass is 79.9.